The molecule has 100 valence electrons. The van der Waals surface area contributed by atoms with Gasteiger partial charge in [0.25, 0.3) is 0 Å². The molecule has 4 rings (SSSR count). The van der Waals surface area contributed by atoms with Crippen molar-refractivity contribution < 1.29 is 9.47 Å². The van der Waals surface area contributed by atoms with Gasteiger partial charge in [-0.3, -0.25) is 0 Å². The van der Waals surface area contributed by atoms with Gasteiger partial charge in [0, 0.05) is 15.5 Å². The summed E-state index contributed by atoms with van der Waals surface area (Å²) in [5.41, 5.74) is 1.36. The predicted molar refractivity (Wildman–Crippen MR) is 76.6 cm³/mol. The van der Waals surface area contributed by atoms with Crippen LogP contribution < -0.4 is 0 Å². The van der Waals surface area contributed by atoms with Crippen molar-refractivity contribution in [3.8, 4) is 0 Å². The van der Waals surface area contributed by atoms with E-state index in [1.165, 1.54) is 12.8 Å². The molecule has 2 nitrogen and oxygen atoms in total. The van der Waals surface area contributed by atoms with Gasteiger partial charge in [0.2, 0.25) is 0 Å². The molecule has 1 saturated heterocycles. The topological polar surface area (TPSA) is 18.5 Å². The van der Waals surface area contributed by atoms with Gasteiger partial charge in [-0.15, -0.1) is 0 Å². The Kier molecular flexibility index (Phi) is 2.83. The first-order chi connectivity index (χ1) is 9.25. The second-order valence-corrected chi connectivity index (χ2v) is 6.97. The molecule has 1 aromatic carbocycles. The summed E-state index contributed by atoms with van der Waals surface area (Å²) >= 11 is 3.45. The number of ether oxygens (including phenoxy) is 2. The molecule has 19 heavy (non-hydrogen) atoms. The number of rotatable bonds is 1. The van der Waals surface area contributed by atoms with E-state index in [0.29, 0.717) is 5.92 Å². The van der Waals surface area contributed by atoms with Crippen LogP contribution in [0.3, 0.4) is 0 Å². The van der Waals surface area contributed by atoms with Crippen LogP contribution in [0.2, 0.25) is 0 Å². The third-order valence-corrected chi connectivity index (χ3v) is 5.34. The third-order valence-electron chi connectivity index (χ3n) is 4.81. The zero-order chi connectivity index (χ0) is 12.9. The first-order valence-corrected chi connectivity index (χ1v) is 7.71. The third kappa shape index (κ3) is 1.99. The molecule has 1 heterocycles. The quantitative estimate of drug-likeness (QED) is 0.726. The SMILES string of the molecule is Brc1ccc(C2OCC3(CO2)C[C@@H]2C=C[C@H]3C2)cc1. The number of hydrogen-bond donors (Lipinski definition) is 0. The van der Waals surface area contributed by atoms with Gasteiger partial charge in [-0.2, -0.15) is 0 Å². The summed E-state index contributed by atoms with van der Waals surface area (Å²) in [5.74, 6) is 1.43. The lowest BCUT2D eigenvalue weighted by molar-refractivity contribution is -0.239. The fourth-order valence-corrected chi connectivity index (χ4v) is 4.04. The zero-order valence-electron chi connectivity index (χ0n) is 10.7. The highest BCUT2D eigenvalue weighted by atomic mass is 79.9. The molecule has 0 amide bonds. The van der Waals surface area contributed by atoms with Crippen molar-refractivity contribution in [1.29, 1.82) is 0 Å². The van der Waals surface area contributed by atoms with Crippen LogP contribution in [0.25, 0.3) is 0 Å². The largest absolute Gasteiger partial charge is 0.348 e. The van der Waals surface area contributed by atoms with Gasteiger partial charge in [-0.05, 0) is 36.8 Å². The van der Waals surface area contributed by atoms with E-state index < -0.39 is 0 Å². The van der Waals surface area contributed by atoms with Crippen LogP contribution in [0, 0.1) is 17.3 Å². The molecule has 0 unspecified atom stereocenters. The Morgan fingerprint density at radius 2 is 1.79 bits per heavy atom. The summed E-state index contributed by atoms with van der Waals surface area (Å²) in [6, 6.07) is 8.19. The number of halogens is 1. The maximum Gasteiger partial charge on any atom is 0.183 e. The monoisotopic (exact) mass is 320 g/mol. The summed E-state index contributed by atoms with van der Waals surface area (Å²) in [4.78, 5) is 0. The van der Waals surface area contributed by atoms with E-state index in [1.807, 2.05) is 12.1 Å². The van der Waals surface area contributed by atoms with Crippen molar-refractivity contribution in [2.24, 2.45) is 17.3 Å². The molecule has 1 spiro atoms. The molecule has 2 bridgehead atoms. The molecular formula is C16H17BrO2. The summed E-state index contributed by atoms with van der Waals surface area (Å²) in [7, 11) is 0. The lowest BCUT2D eigenvalue weighted by Crippen LogP contribution is -2.41. The van der Waals surface area contributed by atoms with E-state index in [1.54, 1.807) is 0 Å². The first kappa shape index (κ1) is 12.1. The average molecular weight is 321 g/mol. The summed E-state index contributed by atoms with van der Waals surface area (Å²) in [5, 5.41) is 0. The molecule has 0 radical (unpaired) electrons. The van der Waals surface area contributed by atoms with Crippen molar-refractivity contribution >= 4 is 15.9 Å². The molecule has 0 N–H and O–H groups in total. The maximum atomic E-state index is 6.02. The minimum atomic E-state index is -0.193. The lowest BCUT2D eigenvalue weighted by atomic mass is 9.76. The normalized spacial score (nSPS) is 40.2. The Morgan fingerprint density at radius 1 is 1.05 bits per heavy atom. The Balaban J connectivity index is 1.48. The second kappa shape index (κ2) is 4.44. The molecule has 0 aromatic heterocycles. The highest BCUT2D eigenvalue weighted by molar-refractivity contribution is 9.10. The Labute approximate surface area is 121 Å². The number of allylic oxidation sites excluding steroid dienone is 2. The van der Waals surface area contributed by atoms with Gasteiger partial charge in [0.05, 0.1) is 13.2 Å². The lowest BCUT2D eigenvalue weighted by Gasteiger charge is -2.41. The highest BCUT2D eigenvalue weighted by Gasteiger charge is 2.51. The number of fused-ring (bicyclic) bond motifs is 3. The molecule has 3 heteroatoms. The molecule has 3 aliphatic rings. The van der Waals surface area contributed by atoms with Crippen LogP contribution >= 0.6 is 15.9 Å². The smallest absolute Gasteiger partial charge is 0.183 e. The van der Waals surface area contributed by atoms with Crippen LogP contribution in [-0.4, -0.2) is 13.2 Å². The second-order valence-electron chi connectivity index (χ2n) is 6.06. The highest BCUT2D eigenvalue weighted by Crippen LogP contribution is 2.54. The van der Waals surface area contributed by atoms with Crippen molar-refractivity contribution in [2.45, 2.75) is 19.1 Å². The van der Waals surface area contributed by atoms with E-state index >= 15 is 0 Å². The van der Waals surface area contributed by atoms with E-state index in [4.69, 9.17) is 9.47 Å². The molecule has 2 fully saturated rings. The molecular weight excluding hydrogens is 304 g/mol. The van der Waals surface area contributed by atoms with Crippen LogP contribution in [0.15, 0.2) is 40.9 Å². The van der Waals surface area contributed by atoms with E-state index in [-0.39, 0.29) is 11.7 Å². The van der Waals surface area contributed by atoms with E-state index in [0.717, 1.165) is 29.2 Å². The Bertz CT molecular complexity index is 500. The maximum absolute atomic E-state index is 6.02. The van der Waals surface area contributed by atoms with Crippen LogP contribution in [0.5, 0.6) is 0 Å². The summed E-state index contributed by atoms with van der Waals surface area (Å²) < 4.78 is 13.1. The fraction of sp³-hybridized carbons (Fsp3) is 0.500. The Hall–Kier alpha value is -0.640. The van der Waals surface area contributed by atoms with E-state index in [2.05, 4.69) is 40.2 Å². The fourth-order valence-electron chi connectivity index (χ4n) is 3.77. The van der Waals surface area contributed by atoms with Crippen LogP contribution in [0.1, 0.15) is 24.7 Å². The van der Waals surface area contributed by atoms with Gasteiger partial charge >= 0.3 is 0 Å². The van der Waals surface area contributed by atoms with Gasteiger partial charge in [0.1, 0.15) is 0 Å². The molecule has 2 aliphatic carbocycles. The van der Waals surface area contributed by atoms with Crippen molar-refractivity contribution in [3.63, 3.8) is 0 Å². The van der Waals surface area contributed by atoms with E-state index in [9.17, 15) is 0 Å². The van der Waals surface area contributed by atoms with Gasteiger partial charge in [-0.25, -0.2) is 0 Å². The minimum Gasteiger partial charge on any atom is -0.348 e. The summed E-state index contributed by atoms with van der Waals surface area (Å²) in [6.45, 7) is 1.67. The summed E-state index contributed by atoms with van der Waals surface area (Å²) in [6.07, 6.45) is 7.09. The van der Waals surface area contributed by atoms with Crippen LogP contribution in [0.4, 0.5) is 0 Å². The minimum absolute atomic E-state index is 0.193. The molecule has 1 aromatic rings. The van der Waals surface area contributed by atoms with Gasteiger partial charge in [0.15, 0.2) is 6.29 Å². The van der Waals surface area contributed by atoms with Crippen molar-refractivity contribution in [3.05, 3.63) is 46.5 Å². The van der Waals surface area contributed by atoms with Crippen LogP contribution in [-0.2, 0) is 9.47 Å². The standard InChI is InChI=1S/C16H17BrO2/c17-14-5-2-12(3-6-14)15-18-9-16(10-19-15)8-11-1-4-13(16)7-11/h1-6,11,13,15H,7-10H2/t11-,13+,15?,16?/m1/s1. The number of benzene rings is 1. The molecule has 2 atom stereocenters. The zero-order valence-corrected chi connectivity index (χ0v) is 12.3. The van der Waals surface area contributed by atoms with Gasteiger partial charge in [-0.1, -0.05) is 40.2 Å². The molecule has 1 saturated carbocycles. The Morgan fingerprint density at radius 3 is 2.37 bits per heavy atom. The van der Waals surface area contributed by atoms with Gasteiger partial charge < -0.3 is 9.47 Å². The van der Waals surface area contributed by atoms with Crippen molar-refractivity contribution in [1.82, 2.24) is 0 Å². The average Bonchev–Trinajstić information content (AvgIpc) is 3.02. The predicted octanol–water partition coefficient (Wildman–Crippen LogP) is 4.08. The first-order valence-electron chi connectivity index (χ1n) is 6.92. The number of hydrogen-bond acceptors (Lipinski definition) is 2. The molecule has 1 aliphatic heterocycles. The van der Waals surface area contributed by atoms with Crippen molar-refractivity contribution in [2.75, 3.05) is 13.2 Å².